The summed E-state index contributed by atoms with van der Waals surface area (Å²) in [6.45, 7) is 1.25. The van der Waals surface area contributed by atoms with Crippen molar-refractivity contribution >= 4 is 5.91 Å². The van der Waals surface area contributed by atoms with Gasteiger partial charge in [0.25, 0.3) is 5.56 Å². The predicted molar refractivity (Wildman–Crippen MR) is 78.2 cm³/mol. The lowest BCUT2D eigenvalue weighted by atomic mass is 10.2. The monoisotopic (exact) mass is 303 g/mol. The number of amides is 1. The second kappa shape index (κ2) is 6.57. The number of hydrogen-bond acceptors (Lipinski definition) is 5. The SMILES string of the molecule is O=C(NCCn1nc(-c2ccco2)ccc1=O)[C@H]1CCCO1. The number of nitrogens with one attached hydrogen (secondary N) is 1. The molecule has 1 atom stereocenters. The summed E-state index contributed by atoms with van der Waals surface area (Å²) in [5.74, 6) is 0.463. The Kier molecular flexibility index (Phi) is 4.34. The van der Waals surface area contributed by atoms with Crippen molar-refractivity contribution in [2.75, 3.05) is 13.2 Å². The Hall–Kier alpha value is -2.41. The van der Waals surface area contributed by atoms with E-state index in [0.29, 0.717) is 31.2 Å². The van der Waals surface area contributed by atoms with E-state index in [1.165, 1.54) is 10.7 Å². The van der Waals surface area contributed by atoms with E-state index in [4.69, 9.17) is 9.15 Å². The molecular weight excluding hydrogens is 286 g/mol. The van der Waals surface area contributed by atoms with Gasteiger partial charge in [-0.05, 0) is 31.0 Å². The van der Waals surface area contributed by atoms with Gasteiger partial charge >= 0.3 is 0 Å². The molecule has 2 aromatic heterocycles. The molecule has 3 heterocycles. The molecular formula is C15H17N3O4. The van der Waals surface area contributed by atoms with Crippen LogP contribution >= 0.6 is 0 Å². The van der Waals surface area contributed by atoms with E-state index in [1.807, 2.05) is 0 Å². The summed E-state index contributed by atoms with van der Waals surface area (Å²) in [5, 5.41) is 7.00. The van der Waals surface area contributed by atoms with E-state index in [0.717, 1.165) is 12.8 Å². The van der Waals surface area contributed by atoms with Crippen molar-refractivity contribution in [2.45, 2.75) is 25.5 Å². The average molecular weight is 303 g/mol. The van der Waals surface area contributed by atoms with Gasteiger partial charge in [0, 0.05) is 19.2 Å². The van der Waals surface area contributed by atoms with Gasteiger partial charge in [0.15, 0.2) is 5.76 Å². The van der Waals surface area contributed by atoms with Crippen LogP contribution in [-0.4, -0.2) is 34.9 Å². The van der Waals surface area contributed by atoms with Gasteiger partial charge in [-0.15, -0.1) is 0 Å². The smallest absolute Gasteiger partial charge is 0.266 e. The molecule has 0 aromatic carbocycles. The highest BCUT2D eigenvalue weighted by Crippen LogP contribution is 2.15. The van der Waals surface area contributed by atoms with E-state index < -0.39 is 0 Å². The third-order valence-electron chi connectivity index (χ3n) is 3.49. The maximum absolute atomic E-state index is 11.8. The molecule has 0 spiro atoms. The van der Waals surface area contributed by atoms with Crippen molar-refractivity contribution in [2.24, 2.45) is 0 Å². The third kappa shape index (κ3) is 3.25. The Morgan fingerprint density at radius 3 is 3.05 bits per heavy atom. The predicted octanol–water partition coefficient (Wildman–Crippen LogP) is 0.798. The first kappa shape index (κ1) is 14.5. The number of furan rings is 1. The molecule has 1 fully saturated rings. The zero-order valence-corrected chi connectivity index (χ0v) is 12.0. The molecule has 0 unspecified atom stereocenters. The summed E-state index contributed by atoms with van der Waals surface area (Å²) in [7, 11) is 0. The van der Waals surface area contributed by atoms with Crippen LogP contribution in [0, 0.1) is 0 Å². The van der Waals surface area contributed by atoms with Crippen molar-refractivity contribution in [3.8, 4) is 11.5 Å². The van der Waals surface area contributed by atoms with Crippen molar-refractivity contribution in [1.82, 2.24) is 15.1 Å². The quantitative estimate of drug-likeness (QED) is 0.883. The summed E-state index contributed by atoms with van der Waals surface area (Å²) >= 11 is 0. The Morgan fingerprint density at radius 1 is 1.41 bits per heavy atom. The lowest BCUT2D eigenvalue weighted by Crippen LogP contribution is -2.37. The second-order valence-corrected chi connectivity index (χ2v) is 5.05. The normalized spacial score (nSPS) is 17.5. The summed E-state index contributed by atoms with van der Waals surface area (Å²) in [4.78, 5) is 23.6. The van der Waals surface area contributed by atoms with Gasteiger partial charge in [-0.3, -0.25) is 9.59 Å². The zero-order valence-electron chi connectivity index (χ0n) is 12.0. The van der Waals surface area contributed by atoms with Crippen LogP contribution < -0.4 is 10.9 Å². The molecule has 1 aliphatic rings. The van der Waals surface area contributed by atoms with Crippen LogP contribution in [0.5, 0.6) is 0 Å². The van der Waals surface area contributed by atoms with Crippen molar-refractivity contribution in [1.29, 1.82) is 0 Å². The first-order valence-corrected chi connectivity index (χ1v) is 7.25. The number of rotatable bonds is 5. The summed E-state index contributed by atoms with van der Waals surface area (Å²) < 4.78 is 11.9. The molecule has 22 heavy (non-hydrogen) atoms. The van der Waals surface area contributed by atoms with E-state index in [9.17, 15) is 9.59 Å². The molecule has 2 aromatic rings. The molecule has 0 radical (unpaired) electrons. The molecule has 1 amide bonds. The highest BCUT2D eigenvalue weighted by Gasteiger charge is 2.22. The minimum absolute atomic E-state index is 0.132. The van der Waals surface area contributed by atoms with Crippen LogP contribution in [-0.2, 0) is 16.1 Å². The number of nitrogens with zero attached hydrogens (tertiary/aromatic N) is 2. The van der Waals surface area contributed by atoms with Crippen molar-refractivity contribution in [3.63, 3.8) is 0 Å². The highest BCUT2D eigenvalue weighted by molar-refractivity contribution is 5.80. The van der Waals surface area contributed by atoms with Gasteiger partial charge in [-0.25, -0.2) is 4.68 Å². The van der Waals surface area contributed by atoms with Crippen LogP contribution in [0.4, 0.5) is 0 Å². The van der Waals surface area contributed by atoms with Gasteiger partial charge < -0.3 is 14.5 Å². The number of aromatic nitrogens is 2. The van der Waals surface area contributed by atoms with Crippen LogP contribution in [0.3, 0.4) is 0 Å². The van der Waals surface area contributed by atoms with Crippen LogP contribution in [0.15, 0.2) is 39.7 Å². The molecule has 3 rings (SSSR count). The molecule has 0 aliphatic carbocycles. The molecule has 0 saturated carbocycles. The average Bonchev–Trinajstić information content (AvgIpc) is 3.22. The summed E-state index contributed by atoms with van der Waals surface area (Å²) in [5.41, 5.74) is 0.358. The van der Waals surface area contributed by atoms with Crippen LogP contribution in [0.1, 0.15) is 12.8 Å². The maximum atomic E-state index is 11.8. The number of ether oxygens (including phenoxy) is 1. The fourth-order valence-electron chi connectivity index (χ4n) is 2.35. The zero-order chi connectivity index (χ0) is 15.4. The minimum atomic E-state index is -0.362. The maximum Gasteiger partial charge on any atom is 0.266 e. The lowest BCUT2D eigenvalue weighted by Gasteiger charge is -2.11. The Balaban J connectivity index is 1.61. The van der Waals surface area contributed by atoms with E-state index in [1.54, 1.807) is 24.5 Å². The van der Waals surface area contributed by atoms with E-state index >= 15 is 0 Å². The molecule has 116 valence electrons. The topological polar surface area (TPSA) is 86.4 Å². The summed E-state index contributed by atoms with van der Waals surface area (Å²) in [6, 6.07) is 6.58. The second-order valence-electron chi connectivity index (χ2n) is 5.05. The third-order valence-corrected chi connectivity index (χ3v) is 3.49. The largest absolute Gasteiger partial charge is 0.463 e. The highest BCUT2D eigenvalue weighted by atomic mass is 16.5. The first-order chi connectivity index (χ1) is 10.7. The lowest BCUT2D eigenvalue weighted by molar-refractivity contribution is -0.130. The minimum Gasteiger partial charge on any atom is -0.463 e. The van der Waals surface area contributed by atoms with Crippen LogP contribution in [0.2, 0.25) is 0 Å². The Morgan fingerprint density at radius 2 is 2.32 bits per heavy atom. The Bertz CT molecular complexity index is 687. The van der Waals surface area contributed by atoms with E-state index in [-0.39, 0.29) is 17.6 Å². The fraction of sp³-hybridized carbons (Fsp3) is 0.400. The standard InChI is InChI=1S/C15H17N3O4/c19-14-6-5-11(12-3-1-9-21-12)17-18(14)8-7-16-15(20)13-4-2-10-22-13/h1,3,5-6,9,13H,2,4,7-8,10H2,(H,16,20)/t13-/m1/s1. The Labute approximate surface area is 126 Å². The number of hydrogen-bond donors (Lipinski definition) is 1. The molecule has 7 nitrogen and oxygen atoms in total. The number of carbonyl (C=O) groups excluding carboxylic acids is 1. The molecule has 0 bridgehead atoms. The first-order valence-electron chi connectivity index (χ1n) is 7.25. The van der Waals surface area contributed by atoms with E-state index in [2.05, 4.69) is 10.4 Å². The van der Waals surface area contributed by atoms with Gasteiger partial charge in [0.05, 0.1) is 12.8 Å². The molecule has 7 heteroatoms. The van der Waals surface area contributed by atoms with Gasteiger partial charge in [0.2, 0.25) is 5.91 Å². The number of carbonyl (C=O) groups is 1. The van der Waals surface area contributed by atoms with Crippen molar-refractivity contribution in [3.05, 3.63) is 40.9 Å². The van der Waals surface area contributed by atoms with Gasteiger partial charge in [-0.2, -0.15) is 5.10 Å². The van der Waals surface area contributed by atoms with Crippen molar-refractivity contribution < 1.29 is 13.9 Å². The van der Waals surface area contributed by atoms with Crippen LogP contribution in [0.25, 0.3) is 11.5 Å². The van der Waals surface area contributed by atoms with Gasteiger partial charge in [-0.1, -0.05) is 0 Å². The summed E-state index contributed by atoms with van der Waals surface area (Å²) in [6.07, 6.45) is 2.84. The molecule has 1 N–H and O–H groups in total. The van der Waals surface area contributed by atoms with Gasteiger partial charge in [0.1, 0.15) is 11.8 Å². The molecule has 1 saturated heterocycles. The molecule has 1 aliphatic heterocycles. The fourth-order valence-corrected chi connectivity index (χ4v) is 2.35.